The van der Waals surface area contributed by atoms with Gasteiger partial charge in [0.25, 0.3) is 11.8 Å². The summed E-state index contributed by atoms with van der Waals surface area (Å²) >= 11 is 12.5. The molecule has 1 fully saturated rings. The average Bonchev–Trinajstić information content (AvgIpc) is 3.08. The first-order valence-corrected chi connectivity index (χ1v) is 12.8. The van der Waals surface area contributed by atoms with E-state index in [0.29, 0.717) is 29.6 Å². The number of carbonyl (C=O) groups is 2. The third-order valence-corrected chi connectivity index (χ3v) is 6.58. The van der Waals surface area contributed by atoms with Crippen LogP contribution in [0.2, 0.25) is 5.02 Å². The topological polar surface area (TPSA) is 67.9 Å². The van der Waals surface area contributed by atoms with E-state index in [1.165, 1.54) is 12.8 Å². The van der Waals surface area contributed by atoms with Crippen LogP contribution in [0.3, 0.4) is 0 Å². The fourth-order valence-corrected chi connectivity index (χ4v) is 4.64. The summed E-state index contributed by atoms with van der Waals surface area (Å²) in [5.41, 5.74) is 3.56. The van der Waals surface area contributed by atoms with Crippen molar-refractivity contribution in [1.82, 2.24) is 10.4 Å². The zero-order chi connectivity index (χ0) is 24.5. The molecule has 0 aromatic heterocycles. The van der Waals surface area contributed by atoms with E-state index in [-0.39, 0.29) is 14.9 Å². The second kappa shape index (κ2) is 12.8. The van der Waals surface area contributed by atoms with Crippen LogP contribution in [0.5, 0.6) is 11.5 Å². The summed E-state index contributed by atoms with van der Waals surface area (Å²) in [5.74, 6) is 0.371. The van der Waals surface area contributed by atoms with E-state index >= 15 is 0 Å². The average molecular weight is 519 g/mol. The molecule has 3 rings (SSSR count). The molecule has 34 heavy (non-hydrogen) atoms. The summed E-state index contributed by atoms with van der Waals surface area (Å²) in [6, 6.07) is 12.1. The number of nitrogens with one attached hydrogen (secondary N) is 1. The summed E-state index contributed by atoms with van der Waals surface area (Å²) in [5, 5.41) is 1.35. The molecule has 0 spiro atoms. The lowest BCUT2D eigenvalue weighted by Gasteiger charge is -2.16. The first kappa shape index (κ1) is 26.1. The lowest BCUT2D eigenvalue weighted by Crippen LogP contribution is -2.44. The van der Waals surface area contributed by atoms with Gasteiger partial charge in [-0.25, -0.2) is 0 Å². The lowest BCUT2D eigenvalue weighted by molar-refractivity contribution is -0.123. The predicted molar refractivity (Wildman–Crippen MR) is 141 cm³/mol. The minimum atomic E-state index is -0.512. The molecule has 1 N–H and O–H groups in total. The number of ether oxygens (including phenoxy) is 2. The zero-order valence-corrected chi connectivity index (χ0v) is 21.5. The van der Waals surface area contributed by atoms with Crippen molar-refractivity contribution in [3.63, 3.8) is 0 Å². The van der Waals surface area contributed by atoms with Gasteiger partial charge >= 0.3 is 0 Å². The summed E-state index contributed by atoms with van der Waals surface area (Å²) in [6.07, 6.45) is 6.21. The largest absolute Gasteiger partial charge is 0.490 e. The third-order valence-electron chi connectivity index (χ3n) is 4.95. The van der Waals surface area contributed by atoms with E-state index in [0.717, 1.165) is 35.2 Å². The number of rotatable bonds is 11. The van der Waals surface area contributed by atoms with Crippen LogP contribution in [0.4, 0.5) is 0 Å². The molecule has 180 valence electrons. The molecule has 2 amide bonds. The van der Waals surface area contributed by atoms with Crippen LogP contribution in [0.1, 0.15) is 55.5 Å². The van der Waals surface area contributed by atoms with Crippen molar-refractivity contribution in [1.29, 1.82) is 0 Å². The number of unbranched alkanes of at least 4 members (excludes halogenated alkanes) is 3. The molecular formula is C25H27ClN2O4S2. The van der Waals surface area contributed by atoms with Crippen molar-refractivity contribution in [2.24, 2.45) is 0 Å². The monoisotopic (exact) mass is 518 g/mol. The predicted octanol–water partition coefficient (Wildman–Crippen LogP) is 6.24. The third kappa shape index (κ3) is 6.74. The highest BCUT2D eigenvalue weighted by molar-refractivity contribution is 8.26. The van der Waals surface area contributed by atoms with Gasteiger partial charge in [0.2, 0.25) is 0 Å². The number of benzene rings is 2. The second-order valence-electron chi connectivity index (χ2n) is 7.49. The van der Waals surface area contributed by atoms with Gasteiger partial charge in [-0.3, -0.25) is 15.0 Å². The normalized spacial score (nSPS) is 14.6. The molecule has 1 heterocycles. The van der Waals surface area contributed by atoms with Gasteiger partial charge in [-0.15, -0.1) is 0 Å². The number of thioether (sulfide) groups is 1. The van der Waals surface area contributed by atoms with Gasteiger partial charge in [-0.05, 0) is 61.5 Å². The van der Waals surface area contributed by atoms with E-state index < -0.39 is 11.8 Å². The molecular weight excluding hydrogens is 492 g/mol. The maximum absolute atomic E-state index is 12.9. The van der Waals surface area contributed by atoms with Crippen molar-refractivity contribution in [2.45, 2.75) is 39.5 Å². The van der Waals surface area contributed by atoms with Gasteiger partial charge in [0, 0.05) is 0 Å². The fraction of sp³-hybridized carbons (Fsp3) is 0.320. The Hall–Kier alpha value is -2.55. The van der Waals surface area contributed by atoms with Crippen LogP contribution in [-0.2, 0) is 4.79 Å². The van der Waals surface area contributed by atoms with Crippen molar-refractivity contribution in [3.8, 4) is 11.5 Å². The molecule has 0 radical (unpaired) electrons. The standard InChI is InChI=1S/C25H27ClN2O4S2/c1-3-5-6-9-14-32-20-13-12-17(15-21(20)31-4-2)16-22-24(30)28(25(33)34-22)27-23(29)18-10-7-8-11-19(18)26/h7-8,10-13,15-16H,3-6,9,14H2,1-2H3,(H,27,29)/b22-16-. The molecule has 2 aromatic carbocycles. The van der Waals surface area contributed by atoms with E-state index in [2.05, 4.69) is 12.3 Å². The van der Waals surface area contributed by atoms with Crippen LogP contribution in [-0.4, -0.2) is 34.4 Å². The Morgan fingerprint density at radius 3 is 2.65 bits per heavy atom. The van der Waals surface area contributed by atoms with Gasteiger partial charge in [0.1, 0.15) is 0 Å². The van der Waals surface area contributed by atoms with E-state index in [1.54, 1.807) is 30.3 Å². The molecule has 1 saturated heterocycles. The van der Waals surface area contributed by atoms with Crippen molar-refractivity contribution in [3.05, 3.63) is 63.5 Å². The van der Waals surface area contributed by atoms with Crippen LogP contribution in [0.15, 0.2) is 47.4 Å². The highest BCUT2D eigenvalue weighted by Crippen LogP contribution is 2.34. The van der Waals surface area contributed by atoms with Gasteiger partial charge in [0.05, 0.1) is 28.7 Å². The van der Waals surface area contributed by atoms with E-state index in [4.69, 9.17) is 33.3 Å². The lowest BCUT2D eigenvalue weighted by atomic mass is 10.1. The van der Waals surface area contributed by atoms with Crippen LogP contribution >= 0.6 is 35.6 Å². The van der Waals surface area contributed by atoms with Crippen LogP contribution < -0.4 is 14.9 Å². The first-order chi connectivity index (χ1) is 16.4. The van der Waals surface area contributed by atoms with Crippen LogP contribution in [0, 0.1) is 0 Å². The number of carbonyl (C=O) groups excluding carboxylic acids is 2. The highest BCUT2D eigenvalue weighted by atomic mass is 35.5. The summed E-state index contributed by atoms with van der Waals surface area (Å²) in [7, 11) is 0. The van der Waals surface area contributed by atoms with Gasteiger partial charge < -0.3 is 9.47 Å². The molecule has 1 aliphatic rings. The maximum atomic E-state index is 12.9. The number of amides is 2. The van der Waals surface area contributed by atoms with Crippen molar-refractivity contribution in [2.75, 3.05) is 13.2 Å². The molecule has 6 nitrogen and oxygen atoms in total. The van der Waals surface area contributed by atoms with E-state index in [1.807, 2.05) is 25.1 Å². The Kier molecular flexibility index (Phi) is 9.80. The molecule has 0 aliphatic carbocycles. The van der Waals surface area contributed by atoms with E-state index in [9.17, 15) is 9.59 Å². The Balaban J connectivity index is 1.71. The molecule has 9 heteroatoms. The van der Waals surface area contributed by atoms with Gasteiger partial charge in [-0.1, -0.05) is 67.7 Å². The molecule has 0 bridgehead atoms. The summed E-state index contributed by atoms with van der Waals surface area (Å²) < 4.78 is 11.9. The minimum absolute atomic E-state index is 0.230. The number of hydrazine groups is 1. The highest BCUT2D eigenvalue weighted by Gasteiger charge is 2.34. The van der Waals surface area contributed by atoms with Crippen molar-refractivity contribution >= 4 is 57.8 Å². The van der Waals surface area contributed by atoms with Gasteiger partial charge in [0.15, 0.2) is 15.8 Å². The molecule has 0 atom stereocenters. The number of nitrogens with zero attached hydrogens (tertiary/aromatic N) is 1. The summed E-state index contributed by atoms with van der Waals surface area (Å²) in [6.45, 7) is 5.20. The Morgan fingerprint density at radius 1 is 1.12 bits per heavy atom. The Bertz CT molecular complexity index is 1090. The van der Waals surface area contributed by atoms with Crippen molar-refractivity contribution < 1.29 is 19.1 Å². The van der Waals surface area contributed by atoms with Gasteiger partial charge in [-0.2, -0.15) is 5.01 Å². The molecule has 0 unspecified atom stereocenters. The number of halogens is 1. The SMILES string of the molecule is CCCCCCOc1ccc(/C=C2\SC(=S)N(NC(=O)c3ccccc3Cl)C2=O)cc1OCC. The minimum Gasteiger partial charge on any atom is -0.490 e. The number of hydrogen-bond donors (Lipinski definition) is 1. The molecule has 0 saturated carbocycles. The number of hydrogen-bond acceptors (Lipinski definition) is 6. The molecule has 2 aromatic rings. The molecule has 1 aliphatic heterocycles. The fourth-order valence-electron chi connectivity index (χ4n) is 3.24. The first-order valence-electron chi connectivity index (χ1n) is 11.2. The Labute approximate surface area is 214 Å². The summed E-state index contributed by atoms with van der Waals surface area (Å²) in [4.78, 5) is 25.9. The zero-order valence-electron chi connectivity index (χ0n) is 19.1. The smallest absolute Gasteiger partial charge is 0.285 e. The van der Waals surface area contributed by atoms with Crippen LogP contribution in [0.25, 0.3) is 6.08 Å². The second-order valence-corrected chi connectivity index (χ2v) is 9.57. The number of thiocarbonyl (C=S) groups is 1. The quantitative estimate of drug-likeness (QED) is 0.215. The maximum Gasteiger partial charge on any atom is 0.285 e. The Morgan fingerprint density at radius 2 is 1.91 bits per heavy atom.